The standard InChI is InChI=1S/C22H23O5P/c1-2-3-9-14-25-21-15-20(23)22(19-13-8-7-12-18(19)21)27-28(24)26-16-17-10-5-4-6-11-17/h4-8,10-13,15H,2-3,9,14,16H2,1H3/p+1. The van der Waals surface area contributed by atoms with Crippen molar-refractivity contribution in [1.82, 2.24) is 0 Å². The third-order valence-electron chi connectivity index (χ3n) is 4.29. The van der Waals surface area contributed by atoms with E-state index in [9.17, 15) is 9.67 Å². The molecule has 6 heteroatoms. The van der Waals surface area contributed by atoms with Gasteiger partial charge in [-0.1, -0.05) is 74.4 Å². The summed E-state index contributed by atoms with van der Waals surface area (Å²) in [4.78, 5) is 0. The number of unbranched alkanes of at least 4 members (excludes halogenated alkanes) is 2. The minimum atomic E-state index is -2.45. The van der Waals surface area contributed by atoms with E-state index < -0.39 is 8.25 Å². The fraction of sp³-hybridized carbons (Fsp3) is 0.273. The van der Waals surface area contributed by atoms with Crippen molar-refractivity contribution in [3.63, 3.8) is 0 Å². The predicted molar refractivity (Wildman–Crippen MR) is 110 cm³/mol. The maximum Gasteiger partial charge on any atom is 0.750 e. The molecule has 0 fully saturated rings. The van der Waals surface area contributed by atoms with Crippen molar-refractivity contribution in [2.75, 3.05) is 6.61 Å². The number of hydrogen-bond acceptors (Lipinski definition) is 5. The molecule has 0 bridgehead atoms. The van der Waals surface area contributed by atoms with Crippen LogP contribution in [0.1, 0.15) is 31.7 Å². The fourth-order valence-corrected chi connectivity index (χ4v) is 3.50. The number of benzene rings is 3. The number of aromatic hydroxyl groups is 1. The van der Waals surface area contributed by atoms with Gasteiger partial charge in [0, 0.05) is 21.4 Å². The van der Waals surface area contributed by atoms with E-state index in [4.69, 9.17) is 13.8 Å². The van der Waals surface area contributed by atoms with Gasteiger partial charge in [-0.25, -0.2) is 4.52 Å². The van der Waals surface area contributed by atoms with E-state index >= 15 is 0 Å². The number of phenols is 1. The minimum absolute atomic E-state index is 0.129. The van der Waals surface area contributed by atoms with E-state index in [1.807, 2.05) is 48.5 Å². The average molecular weight is 399 g/mol. The first kappa shape index (κ1) is 20.1. The van der Waals surface area contributed by atoms with Crippen molar-refractivity contribution >= 4 is 19.0 Å². The van der Waals surface area contributed by atoms with Crippen LogP contribution in [-0.2, 0) is 15.7 Å². The number of phenolic OH excluding ortho intramolecular Hbond substituents is 1. The molecule has 0 aliphatic carbocycles. The highest BCUT2D eigenvalue weighted by atomic mass is 31.1. The monoisotopic (exact) mass is 399 g/mol. The minimum Gasteiger partial charge on any atom is -0.504 e. The van der Waals surface area contributed by atoms with Crippen LogP contribution in [0.5, 0.6) is 17.2 Å². The molecule has 3 aromatic rings. The Bertz CT molecular complexity index is 927. The van der Waals surface area contributed by atoms with Gasteiger partial charge >= 0.3 is 8.25 Å². The lowest BCUT2D eigenvalue weighted by Gasteiger charge is -2.11. The van der Waals surface area contributed by atoms with Crippen LogP contribution < -0.4 is 9.26 Å². The molecule has 28 heavy (non-hydrogen) atoms. The topological polar surface area (TPSA) is 65.0 Å². The van der Waals surface area contributed by atoms with Gasteiger partial charge in [0.1, 0.15) is 12.4 Å². The van der Waals surface area contributed by atoms with Crippen LogP contribution in [0, 0.1) is 0 Å². The third-order valence-corrected chi connectivity index (χ3v) is 4.96. The highest BCUT2D eigenvalue weighted by Crippen LogP contribution is 2.44. The van der Waals surface area contributed by atoms with Crippen molar-refractivity contribution in [2.24, 2.45) is 0 Å². The smallest absolute Gasteiger partial charge is 0.504 e. The summed E-state index contributed by atoms with van der Waals surface area (Å²) in [6.07, 6.45) is 3.14. The predicted octanol–water partition coefficient (Wildman–Crippen LogP) is 6.37. The molecule has 0 saturated carbocycles. The summed E-state index contributed by atoms with van der Waals surface area (Å²) in [5.74, 6) is 0.582. The third kappa shape index (κ3) is 5.22. The highest BCUT2D eigenvalue weighted by Gasteiger charge is 2.27. The van der Waals surface area contributed by atoms with Gasteiger partial charge in [-0.15, -0.1) is 4.52 Å². The molecule has 0 heterocycles. The SMILES string of the molecule is CCCCCOc1cc(O)c(O[P+](=O)OCc2ccccc2)c2ccccc12. The van der Waals surface area contributed by atoms with Gasteiger partial charge in [-0.2, -0.15) is 0 Å². The molecule has 3 rings (SSSR count). The molecule has 0 saturated heterocycles. The first-order chi connectivity index (χ1) is 13.7. The van der Waals surface area contributed by atoms with Crippen LogP contribution in [-0.4, -0.2) is 11.7 Å². The number of ether oxygens (including phenoxy) is 1. The molecule has 0 spiro atoms. The van der Waals surface area contributed by atoms with Crippen LogP contribution in [0.2, 0.25) is 0 Å². The van der Waals surface area contributed by atoms with Crippen LogP contribution >= 0.6 is 8.25 Å². The number of hydrogen-bond donors (Lipinski definition) is 1. The van der Waals surface area contributed by atoms with Crippen molar-refractivity contribution in [3.05, 3.63) is 66.2 Å². The second kappa shape index (κ2) is 10.1. The van der Waals surface area contributed by atoms with Crippen LogP contribution in [0.4, 0.5) is 0 Å². The molecule has 5 nitrogen and oxygen atoms in total. The first-order valence-electron chi connectivity index (χ1n) is 9.38. The molecular formula is C22H24O5P+. The summed E-state index contributed by atoms with van der Waals surface area (Å²) in [5, 5.41) is 11.9. The Morgan fingerprint density at radius 1 is 0.964 bits per heavy atom. The largest absolute Gasteiger partial charge is 0.750 e. The maximum absolute atomic E-state index is 12.3. The maximum atomic E-state index is 12.3. The van der Waals surface area contributed by atoms with Crippen LogP contribution in [0.15, 0.2) is 60.7 Å². The molecule has 146 valence electrons. The Morgan fingerprint density at radius 2 is 1.68 bits per heavy atom. The van der Waals surface area contributed by atoms with E-state index in [2.05, 4.69) is 6.92 Å². The molecule has 0 amide bonds. The summed E-state index contributed by atoms with van der Waals surface area (Å²) in [6, 6.07) is 18.3. The Balaban J connectivity index is 1.75. The number of rotatable bonds is 10. The zero-order chi connectivity index (χ0) is 19.8. The Kier molecular flexibility index (Phi) is 7.24. The lowest BCUT2D eigenvalue weighted by Crippen LogP contribution is -1.98. The second-order valence-corrected chi connectivity index (χ2v) is 7.29. The summed E-state index contributed by atoms with van der Waals surface area (Å²) in [7, 11) is -2.45. The average Bonchev–Trinajstić information content (AvgIpc) is 2.73. The van der Waals surface area contributed by atoms with E-state index in [1.54, 1.807) is 6.07 Å². The highest BCUT2D eigenvalue weighted by molar-refractivity contribution is 7.33. The fourth-order valence-electron chi connectivity index (χ4n) is 2.85. The molecule has 1 unspecified atom stereocenters. The van der Waals surface area contributed by atoms with Gasteiger partial charge in [0.15, 0.2) is 5.75 Å². The van der Waals surface area contributed by atoms with Gasteiger partial charge in [0.2, 0.25) is 5.75 Å². The van der Waals surface area contributed by atoms with Gasteiger partial charge in [0.25, 0.3) is 0 Å². The molecule has 3 aromatic carbocycles. The zero-order valence-electron chi connectivity index (χ0n) is 15.8. The van der Waals surface area contributed by atoms with Crippen molar-refractivity contribution in [2.45, 2.75) is 32.8 Å². The second-order valence-electron chi connectivity index (χ2n) is 6.40. The molecule has 1 N–H and O–H groups in total. The molecule has 0 radical (unpaired) electrons. The molecule has 1 atom stereocenters. The Morgan fingerprint density at radius 3 is 2.43 bits per heavy atom. The molecular weight excluding hydrogens is 375 g/mol. The summed E-state index contributed by atoms with van der Waals surface area (Å²) < 4.78 is 28.9. The normalized spacial score (nSPS) is 11.4. The lowest BCUT2D eigenvalue weighted by atomic mass is 10.1. The lowest BCUT2D eigenvalue weighted by molar-refractivity contribution is 0.274. The summed E-state index contributed by atoms with van der Waals surface area (Å²) >= 11 is 0. The van der Waals surface area contributed by atoms with Gasteiger partial charge in [-0.3, -0.25) is 0 Å². The Hall–Kier alpha value is -2.62. The zero-order valence-corrected chi connectivity index (χ0v) is 16.7. The van der Waals surface area contributed by atoms with Gasteiger partial charge in [-0.05, 0) is 12.0 Å². The van der Waals surface area contributed by atoms with Crippen LogP contribution in [0.25, 0.3) is 10.8 Å². The molecule has 0 aliphatic rings. The van der Waals surface area contributed by atoms with E-state index in [0.29, 0.717) is 17.7 Å². The van der Waals surface area contributed by atoms with Crippen molar-refractivity contribution < 1.29 is 23.5 Å². The Labute approximate surface area is 165 Å². The molecule has 0 aromatic heterocycles. The van der Waals surface area contributed by atoms with Gasteiger partial charge in [0.05, 0.1) is 6.61 Å². The van der Waals surface area contributed by atoms with E-state index in [1.165, 1.54) is 6.07 Å². The van der Waals surface area contributed by atoms with E-state index in [-0.39, 0.29) is 18.1 Å². The number of fused-ring (bicyclic) bond motifs is 1. The summed E-state index contributed by atoms with van der Waals surface area (Å²) in [6.45, 7) is 2.87. The summed E-state index contributed by atoms with van der Waals surface area (Å²) in [5.41, 5.74) is 0.888. The van der Waals surface area contributed by atoms with Crippen molar-refractivity contribution in [3.8, 4) is 17.2 Å². The quantitative estimate of drug-likeness (QED) is 0.317. The molecule has 0 aliphatic heterocycles. The first-order valence-corrected chi connectivity index (χ1v) is 10.5. The van der Waals surface area contributed by atoms with Crippen LogP contribution in [0.3, 0.4) is 0 Å². The van der Waals surface area contributed by atoms with Gasteiger partial charge < -0.3 is 9.84 Å². The van der Waals surface area contributed by atoms with E-state index in [0.717, 1.165) is 30.2 Å². The van der Waals surface area contributed by atoms with Crippen molar-refractivity contribution in [1.29, 1.82) is 0 Å².